The lowest BCUT2D eigenvalue weighted by Gasteiger charge is -2.42. The molecule has 4 nitrogen and oxygen atoms in total. The quantitative estimate of drug-likeness (QED) is 0.649. The minimum absolute atomic E-state index is 0.0574. The number of carbonyl (C=O) groups is 2. The summed E-state index contributed by atoms with van der Waals surface area (Å²) in [6, 6.07) is 17.7. The highest BCUT2D eigenvalue weighted by atomic mass is 16.6. The molecule has 0 bridgehead atoms. The van der Waals surface area contributed by atoms with E-state index in [1.165, 1.54) is 5.56 Å². The van der Waals surface area contributed by atoms with Gasteiger partial charge in [0.15, 0.2) is 0 Å². The Morgan fingerprint density at radius 3 is 2.34 bits per heavy atom. The average Bonchev–Trinajstić information content (AvgIpc) is 2.65. The van der Waals surface area contributed by atoms with Crippen LogP contribution in [0.1, 0.15) is 56.7 Å². The Hall–Kier alpha value is -2.46. The number of morpholine rings is 1. The van der Waals surface area contributed by atoms with Crippen molar-refractivity contribution in [3.63, 3.8) is 0 Å². The van der Waals surface area contributed by atoms with Crippen molar-refractivity contribution in [2.24, 2.45) is 0 Å². The van der Waals surface area contributed by atoms with Crippen LogP contribution in [0.5, 0.6) is 0 Å². The Kier molecular flexibility index (Phi) is 6.53. The number of cyclic esters (lactones) is 1. The van der Waals surface area contributed by atoms with Crippen molar-refractivity contribution in [1.29, 1.82) is 0 Å². The van der Waals surface area contributed by atoms with Gasteiger partial charge in [0.2, 0.25) is 0 Å². The first kappa shape index (κ1) is 21.3. The zero-order chi connectivity index (χ0) is 21.0. The summed E-state index contributed by atoms with van der Waals surface area (Å²) in [4.78, 5) is 27.6. The summed E-state index contributed by atoms with van der Waals surface area (Å²) < 4.78 is 5.61. The molecule has 1 atom stereocenters. The summed E-state index contributed by atoms with van der Waals surface area (Å²) in [6.45, 7) is 9.36. The second kappa shape index (κ2) is 8.91. The van der Waals surface area contributed by atoms with E-state index in [0.29, 0.717) is 25.4 Å². The molecule has 29 heavy (non-hydrogen) atoms. The molecule has 1 fully saturated rings. The van der Waals surface area contributed by atoms with Crippen LogP contribution in [0.25, 0.3) is 0 Å². The van der Waals surface area contributed by atoms with Gasteiger partial charge in [-0.3, -0.25) is 14.5 Å². The van der Waals surface area contributed by atoms with E-state index in [4.69, 9.17) is 4.74 Å². The molecule has 1 aliphatic rings. The largest absolute Gasteiger partial charge is 0.457 e. The number of esters is 1. The van der Waals surface area contributed by atoms with E-state index in [0.717, 1.165) is 11.1 Å². The van der Waals surface area contributed by atoms with Gasteiger partial charge in [0.1, 0.15) is 17.4 Å². The number of carbonyl (C=O) groups excluding carboxylic acids is 2. The maximum absolute atomic E-state index is 12.8. The summed E-state index contributed by atoms with van der Waals surface area (Å²) in [5, 5.41) is 0. The third-order valence-corrected chi connectivity index (χ3v) is 5.37. The molecule has 1 unspecified atom stereocenters. The van der Waals surface area contributed by atoms with Gasteiger partial charge in [0.25, 0.3) is 0 Å². The summed E-state index contributed by atoms with van der Waals surface area (Å²) in [7, 11) is 0. The van der Waals surface area contributed by atoms with Crippen LogP contribution in [0.15, 0.2) is 54.6 Å². The topological polar surface area (TPSA) is 46.6 Å². The monoisotopic (exact) mass is 393 g/mol. The molecule has 2 aromatic carbocycles. The van der Waals surface area contributed by atoms with E-state index in [1.54, 1.807) is 0 Å². The molecule has 1 heterocycles. The van der Waals surface area contributed by atoms with Crippen LogP contribution in [0, 0.1) is 0 Å². The lowest BCUT2D eigenvalue weighted by Crippen LogP contribution is -2.57. The maximum Gasteiger partial charge on any atom is 0.324 e. The van der Waals surface area contributed by atoms with Crippen molar-refractivity contribution >= 4 is 11.8 Å². The van der Waals surface area contributed by atoms with Crippen LogP contribution in [-0.2, 0) is 27.3 Å². The number of nitrogens with zero attached hydrogens (tertiary/aromatic N) is 1. The average molecular weight is 394 g/mol. The Labute approximate surface area is 173 Å². The Morgan fingerprint density at radius 1 is 1.07 bits per heavy atom. The summed E-state index contributed by atoms with van der Waals surface area (Å²) >= 11 is 0. The number of rotatable bonds is 7. The summed E-state index contributed by atoms with van der Waals surface area (Å²) in [6.07, 6.45) is 0.512. The van der Waals surface area contributed by atoms with Crippen LogP contribution in [-0.4, -0.2) is 34.8 Å². The number of benzene rings is 2. The van der Waals surface area contributed by atoms with Gasteiger partial charge in [-0.25, -0.2) is 0 Å². The molecular weight excluding hydrogens is 362 g/mol. The number of hydrogen-bond acceptors (Lipinski definition) is 4. The Balaban J connectivity index is 1.69. The second-order valence-corrected chi connectivity index (χ2v) is 8.90. The van der Waals surface area contributed by atoms with Gasteiger partial charge in [-0.1, -0.05) is 68.4 Å². The standard InChI is InChI=1S/C25H31NO3/c1-18(2)21-12-10-19(11-13-21)14-22(27)15-23-24(28)29-25(3,4)17-26(23)16-20-8-6-5-7-9-20/h5-13,18,23H,14-17H2,1-4H3. The van der Waals surface area contributed by atoms with E-state index < -0.39 is 11.6 Å². The second-order valence-electron chi connectivity index (χ2n) is 8.90. The van der Waals surface area contributed by atoms with E-state index in [9.17, 15) is 9.59 Å². The highest BCUT2D eigenvalue weighted by Gasteiger charge is 2.41. The predicted molar refractivity (Wildman–Crippen MR) is 115 cm³/mol. The molecule has 2 aromatic rings. The molecule has 0 aromatic heterocycles. The first-order valence-corrected chi connectivity index (χ1v) is 10.3. The predicted octanol–water partition coefficient (Wildman–Crippen LogP) is 4.52. The van der Waals surface area contributed by atoms with Gasteiger partial charge in [-0.05, 0) is 36.5 Å². The Bertz CT molecular complexity index is 840. The number of ketones is 1. The van der Waals surface area contributed by atoms with Crippen LogP contribution in [0.4, 0.5) is 0 Å². The summed E-state index contributed by atoms with van der Waals surface area (Å²) in [5.41, 5.74) is 2.81. The lowest BCUT2D eigenvalue weighted by molar-refractivity contribution is -0.179. The normalized spacial score (nSPS) is 19.2. The van der Waals surface area contributed by atoms with E-state index in [2.05, 4.69) is 30.9 Å². The SMILES string of the molecule is CC(C)c1ccc(CC(=O)CC2C(=O)OC(C)(C)CN2Cc2ccccc2)cc1. The van der Waals surface area contributed by atoms with Crippen molar-refractivity contribution in [2.45, 2.75) is 64.6 Å². The van der Waals surface area contributed by atoms with E-state index in [-0.39, 0.29) is 18.2 Å². The molecule has 0 radical (unpaired) electrons. The van der Waals surface area contributed by atoms with Crippen molar-refractivity contribution in [3.8, 4) is 0 Å². The molecule has 3 rings (SSSR count). The van der Waals surface area contributed by atoms with Gasteiger partial charge < -0.3 is 4.74 Å². The molecule has 4 heteroatoms. The smallest absolute Gasteiger partial charge is 0.324 e. The number of hydrogen-bond donors (Lipinski definition) is 0. The van der Waals surface area contributed by atoms with Gasteiger partial charge in [-0.15, -0.1) is 0 Å². The van der Waals surface area contributed by atoms with Crippen LogP contribution < -0.4 is 0 Å². The molecule has 0 amide bonds. The molecular formula is C25H31NO3. The van der Waals surface area contributed by atoms with Crippen LogP contribution in [0.3, 0.4) is 0 Å². The molecule has 0 N–H and O–H groups in total. The van der Waals surface area contributed by atoms with Crippen LogP contribution >= 0.6 is 0 Å². The lowest BCUT2D eigenvalue weighted by atomic mass is 9.96. The van der Waals surface area contributed by atoms with Crippen molar-refractivity contribution in [1.82, 2.24) is 4.90 Å². The van der Waals surface area contributed by atoms with Crippen LogP contribution in [0.2, 0.25) is 0 Å². The highest BCUT2D eigenvalue weighted by Crippen LogP contribution is 2.26. The van der Waals surface area contributed by atoms with E-state index in [1.807, 2.05) is 56.3 Å². The molecule has 0 spiro atoms. The number of Topliss-reactive ketones (excluding diaryl/α,β-unsaturated/α-hetero) is 1. The zero-order valence-corrected chi connectivity index (χ0v) is 17.9. The summed E-state index contributed by atoms with van der Waals surface area (Å²) in [5.74, 6) is 0.217. The number of ether oxygens (including phenoxy) is 1. The minimum Gasteiger partial charge on any atom is -0.457 e. The fourth-order valence-corrected chi connectivity index (χ4v) is 3.85. The van der Waals surface area contributed by atoms with Gasteiger partial charge in [0.05, 0.1) is 0 Å². The molecule has 154 valence electrons. The molecule has 1 aliphatic heterocycles. The molecule has 0 saturated carbocycles. The van der Waals surface area contributed by atoms with Gasteiger partial charge >= 0.3 is 5.97 Å². The third-order valence-electron chi connectivity index (χ3n) is 5.37. The van der Waals surface area contributed by atoms with E-state index >= 15 is 0 Å². The van der Waals surface area contributed by atoms with Crippen molar-refractivity contribution in [3.05, 3.63) is 71.3 Å². The first-order valence-electron chi connectivity index (χ1n) is 10.3. The molecule has 1 saturated heterocycles. The highest BCUT2D eigenvalue weighted by molar-refractivity contribution is 5.88. The van der Waals surface area contributed by atoms with Crippen molar-refractivity contribution < 1.29 is 14.3 Å². The minimum atomic E-state index is -0.557. The zero-order valence-electron chi connectivity index (χ0n) is 17.9. The fourth-order valence-electron chi connectivity index (χ4n) is 3.85. The van der Waals surface area contributed by atoms with Crippen molar-refractivity contribution in [2.75, 3.05) is 6.54 Å². The van der Waals surface area contributed by atoms with Gasteiger partial charge in [0, 0.05) is 25.9 Å². The molecule has 0 aliphatic carbocycles. The first-order chi connectivity index (χ1) is 13.7. The fraction of sp³-hybridized carbons (Fsp3) is 0.440. The van der Waals surface area contributed by atoms with Gasteiger partial charge in [-0.2, -0.15) is 0 Å². The maximum atomic E-state index is 12.8. The Morgan fingerprint density at radius 2 is 1.72 bits per heavy atom. The third kappa shape index (κ3) is 5.77.